The minimum atomic E-state index is -0.791. The summed E-state index contributed by atoms with van der Waals surface area (Å²) in [5.41, 5.74) is 0.999. The van der Waals surface area contributed by atoms with Gasteiger partial charge in [0.25, 0.3) is 5.91 Å². The van der Waals surface area contributed by atoms with Gasteiger partial charge in [-0.05, 0) is 40.3 Å². The van der Waals surface area contributed by atoms with Crippen molar-refractivity contribution < 1.29 is 28.3 Å². The highest BCUT2D eigenvalue weighted by molar-refractivity contribution is 8.14. The second-order valence-electron chi connectivity index (χ2n) is 8.22. The Bertz CT molecular complexity index is 1640. The zero-order valence-corrected chi connectivity index (χ0v) is 21.8. The number of hydrogen-bond donors (Lipinski definition) is 1. The third-order valence-electron chi connectivity index (χ3n) is 5.83. The van der Waals surface area contributed by atoms with E-state index in [0.717, 1.165) is 11.8 Å². The number of ether oxygens (including phenoxy) is 2. The molecule has 0 atom stereocenters. The molecule has 196 valence electrons. The SMILES string of the molecule is COc1ccc(/C=C2/N=C(SCC(=O)c3c(=O)o[nH][n+]3-c3ccccc3)N(c3ccccc3)C2=O)c(OC)c1. The minimum absolute atomic E-state index is 0.163. The summed E-state index contributed by atoms with van der Waals surface area (Å²) >= 11 is 1.05. The van der Waals surface area contributed by atoms with Gasteiger partial charge in [-0.1, -0.05) is 48.2 Å². The van der Waals surface area contributed by atoms with Gasteiger partial charge in [0.05, 0.1) is 25.7 Å². The number of para-hydroxylation sites is 2. The Hall–Kier alpha value is -4.90. The molecule has 1 aliphatic rings. The first-order valence-corrected chi connectivity index (χ1v) is 12.8. The lowest BCUT2D eigenvalue weighted by Crippen LogP contribution is -2.41. The summed E-state index contributed by atoms with van der Waals surface area (Å²) in [6.45, 7) is 0. The molecule has 11 heteroatoms. The molecule has 1 aliphatic heterocycles. The van der Waals surface area contributed by atoms with E-state index in [2.05, 4.69) is 10.3 Å². The second kappa shape index (κ2) is 11.2. The van der Waals surface area contributed by atoms with Crippen molar-refractivity contribution in [3.8, 4) is 17.2 Å². The van der Waals surface area contributed by atoms with Crippen LogP contribution in [0.3, 0.4) is 0 Å². The number of nitrogens with zero attached hydrogens (tertiary/aromatic N) is 3. The number of carbonyl (C=O) groups excluding carboxylic acids is 2. The number of amidine groups is 1. The number of carbonyl (C=O) groups is 2. The van der Waals surface area contributed by atoms with Crippen molar-refractivity contribution in [2.45, 2.75) is 0 Å². The Kier molecular flexibility index (Phi) is 7.41. The van der Waals surface area contributed by atoms with Gasteiger partial charge >= 0.3 is 11.3 Å². The van der Waals surface area contributed by atoms with E-state index in [1.165, 1.54) is 16.7 Å². The first-order chi connectivity index (χ1) is 19.0. The van der Waals surface area contributed by atoms with Gasteiger partial charge in [0.15, 0.2) is 5.17 Å². The molecule has 1 amide bonds. The molecule has 39 heavy (non-hydrogen) atoms. The van der Waals surface area contributed by atoms with Crippen molar-refractivity contribution in [3.63, 3.8) is 0 Å². The summed E-state index contributed by atoms with van der Waals surface area (Å²) in [6, 6.07) is 23.1. The van der Waals surface area contributed by atoms with Gasteiger partial charge in [0.1, 0.15) is 17.2 Å². The standard InChI is InChI=1S/C28H22N4O6S/c1-36-21-14-13-18(24(16-21)37-2)15-22-26(34)31(19-9-5-3-6-10-19)28(29-22)39-17-23(33)25-27(35)38-30-32(25)20-11-7-4-8-12-20/h3-16H,17H2,1-2H3/p+1/b22-15+. The monoisotopic (exact) mass is 543 g/mol. The lowest BCUT2D eigenvalue weighted by atomic mass is 10.1. The topological polar surface area (TPSA) is 118 Å². The Morgan fingerprint density at radius 1 is 1.03 bits per heavy atom. The van der Waals surface area contributed by atoms with Crippen LogP contribution in [0.1, 0.15) is 16.1 Å². The zero-order chi connectivity index (χ0) is 27.4. The quantitative estimate of drug-likeness (QED) is 0.205. The van der Waals surface area contributed by atoms with Crippen molar-refractivity contribution in [2.24, 2.45) is 4.99 Å². The summed E-state index contributed by atoms with van der Waals surface area (Å²) < 4.78 is 16.9. The number of nitrogens with one attached hydrogen (secondary N) is 1. The number of Topliss-reactive ketones (excluding diaryl/α,β-unsaturated/α-hetero) is 1. The number of aliphatic imine (C=N–C) groups is 1. The number of anilines is 1. The predicted octanol–water partition coefficient (Wildman–Crippen LogP) is 3.62. The number of aromatic nitrogens is 2. The minimum Gasteiger partial charge on any atom is -0.497 e. The number of methoxy groups -OCH3 is 2. The lowest BCUT2D eigenvalue weighted by Gasteiger charge is -2.17. The van der Waals surface area contributed by atoms with Gasteiger partial charge in [-0.25, -0.2) is 9.79 Å². The number of H-pyrrole nitrogens is 1. The number of ketones is 1. The van der Waals surface area contributed by atoms with E-state index in [9.17, 15) is 14.4 Å². The predicted molar refractivity (Wildman–Crippen MR) is 147 cm³/mol. The highest BCUT2D eigenvalue weighted by Crippen LogP contribution is 2.32. The summed E-state index contributed by atoms with van der Waals surface area (Å²) in [5.74, 6) is 0.102. The molecule has 0 saturated heterocycles. The van der Waals surface area contributed by atoms with Gasteiger partial charge in [0.2, 0.25) is 11.5 Å². The van der Waals surface area contributed by atoms with Gasteiger partial charge < -0.3 is 9.47 Å². The largest absolute Gasteiger partial charge is 0.497 e. The highest BCUT2D eigenvalue weighted by Gasteiger charge is 2.35. The van der Waals surface area contributed by atoms with Crippen molar-refractivity contribution in [1.29, 1.82) is 0 Å². The number of hydrogen-bond acceptors (Lipinski definition) is 8. The van der Waals surface area contributed by atoms with E-state index in [4.69, 9.17) is 14.0 Å². The van der Waals surface area contributed by atoms with Crippen molar-refractivity contribution in [3.05, 3.63) is 106 Å². The van der Waals surface area contributed by atoms with E-state index in [1.54, 1.807) is 79.9 Å². The number of thioether (sulfide) groups is 1. The van der Waals surface area contributed by atoms with Gasteiger partial charge in [-0.15, -0.1) is 0 Å². The number of benzene rings is 3. The van der Waals surface area contributed by atoms with Gasteiger partial charge in [-0.3, -0.25) is 19.0 Å². The summed E-state index contributed by atoms with van der Waals surface area (Å²) in [6.07, 6.45) is 1.62. The molecule has 0 unspecified atom stereocenters. The Labute approximate surface area is 227 Å². The van der Waals surface area contributed by atoms with Crippen LogP contribution in [0.4, 0.5) is 5.69 Å². The molecule has 1 aromatic heterocycles. The molecule has 2 heterocycles. The van der Waals surface area contributed by atoms with Crippen molar-refractivity contribution in [2.75, 3.05) is 24.9 Å². The van der Waals surface area contributed by atoms with Crippen LogP contribution in [0.5, 0.6) is 11.5 Å². The molecule has 0 fully saturated rings. The first kappa shape index (κ1) is 25.7. The van der Waals surface area contributed by atoms with Crippen LogP contribution < -0.4 is 24.7 Å². The summed E-state index contributed by atoms with van der Waals surface area (Å²) in [5, 5.41) is 2.76. The van der Waals surface area contributed by atoms with Crippen molar-refractivity contribution in [1.82, 2.24) is 5.27 Å². The molecule has 5 rings (SSSR count). The third-order valence-corrected chi connectivity index (χ3v) is 6.77. The fourth-order valence-corrected chi connectivity index (χ4v) is 4.83. The molecule has 3 aromatic carbocycles. The van der Waals surface area contributed by atoms with E-state index in [-0.39, 0.29) is 23.1 Å². The molecule has 0 spiro atoms. The lowest BCUT2D eigenvalue weighted by molar-refractivity contribution is -0.672. The summed E-state index contributed by atoms with van der Waals surface area (Å²) in [7, 11) is 3.08. The van der Waals surface area contributed by atoms with E-state index in [0.29, 0.717) is 33.6 Å². The Morgan fingerprint density at radius 2 is 1.74 bits per heavy atom. The van der Waals surface area contributed by atoms with E-state index in [1.807, 2.05) is 12.1 Å². The molecular weight excluding hydrogens is 520 g/mol. The van der Waals surface area contributed by atoms with Crippen LogP contribution >= 0.6 is 11.8 Å². The van der Waals surface area contributed by atoms with Crippen LogP contribution in [-0.2, 0) is 4.79 Å². The summed E-state index contributed by atoms with van der Waals surface area (Å²) in [4.78, 5) is 45.1. The molecular formula is C28H23N4O6S+. The molecule has 0 aliphatic carbocycles. The van der Waals surface area contributed by atoms with Gasteiger partial charge in [0, 0.05) is 23.8 Å². The fraction of sp³-hybridized carbons (Fsp3) is 0.107. The van der Waals surface area contributed by atoms with Gasteiger partial charge in [-0.2, -0.15) is 0 Å². The second-order valence-corrected chi connectivity index (χ2v) is 9.16. The maximum absolute atomic E-state index is 13.5. The van der Waals surface area contributed by atoms with E-state index >= 15 is 0 Å². The third kappa shape index (κ3) is 5.25. The van der Waals surface area contributed by atoms with Crippen LogP contribution in [0, 0.1) is 0 Å². The number of rotatable bonds is 8. The maximum Gasteiger partial charge on any atom is 0.438 e. The normalized spacial score (nSPS) is 14.0. The number of aromatic amines is 1. The molecule has 4 aromatic rings. The van der Waals surface area contributed by atoms with Crippen molar-refractivity contribution >= 4 is 40.4 Å². The first-order valence-electron chi connectivity index (χ1n) is 11.8. The molecule has 10 nitrogen and oxygen atoms in total. The van der Waals surface area contributed by atoms with Crippen LogP contribution in [0.2, 0.25) is 0 Å². The number of amides is 1. The average Bonchev–Trinajstić information content (AvgIpc) is 3.51. The van der Waals surface area contributed by atoms with Crippen LogP contribution in [0.25, 0.3) is 11.8 Å². The Balaban J connectivity index is 1.46. The zero-order valence-electron chi connectivity index (χ0n) is 21.0. The fourth-order valence-electron chi connectivity index (χ4n) is 3.95. The molecule has 0 radical (unpaired) electrons. The van der Waals surface area contributed by atoms with Crippen LogP contribution in [0.15, 0.2) is 98.9 Å². The molecule has 0 saturated carbocycles. The van der Waals surface area contributed by atoms with Crippen LogP contribution in [-0.4, -0.2) is 42.1 Å². The van der Waals surface area contributed by atoms with E-state index < -0.39 is 11.4 Å². The molecule has 0 bridgehead atoms. The molecule has 1 N–H and O–H groups in total. The smallest absolute Gasteiger partial charge is 0.438 e. The average molecular weight is 544 g/mol. The maximum atomic E-state index is 13.5. The highest BCUT2D eigenvalue weighted by atomic mass is 32.2. The Morgan fingerprint density at radius 3 is 2.44 bits per heavy atom.